The van der Waals surface area contributed by atoms with Crippen molar-refractivity contribution in [2.75, 3.05) is 31.5 Å². The first-order valence-electron chi connectivity index (χ1n) is 9.25. The molecule has 29 heavy (non-hydrogen) atoms. The maximum Gasteiger partial charge on any atom is 0.253 e. The second-order valence-electron chi connectivity index (χ2n) is 6.71. The number of rotatable bonds is 5. The summed E-state index contributed by atoms with van der Waals surface area (Å²) < 4.78 is 26.4. The van der Waals surface area contributed by atoms with E-state index in [2.05, 4.69) is 5.32 Å². The molecule has 8 heteroatoms. The molecule has 1 fully saturated rings. The standard InChI is InChI=1S/C21H23N3O4S/c1-17(25)22-20-9-7-19(8-10-20)21(26)23-12-14-24(15-13-23)29(27,28)16-11-18-5-3-2-4-6-18/h2-11,16H,12-15H2,1H3,(H,22,25)/b16-11+. The average molecular weight is 413 g/mol. The second-order valence-corrected chi connectivity index (χ2v) is 8.53. The van der Waals surface area contributed by atoms with E-state index in [4.69, 9.17) is 0 Å². The Kier molecular flexibility index (Phi) is 6.46. The van der Waals surface area contributed by atoms with Gasteiger partial charge in [0.05, 0.1) is 0 Å². The third-order valence-corrected chi connectivity index (χ3v) is 6.13. The quantitative estimate of drug-likeness (QED) is 0.816. The summed E-state index contributed by atoms with van der Waals surface area (Å²) in [4.78, 5) is 25.4. The fourth-order valence-electron chi connectivity index (χ4n) is 3.04. The third-order valence-electron chi connectivity index (χ3n) is 4.57. The minimum Gasteiger partial charge on any atom is -0.336 e. The van der Waals surface area contributed by atoms with E-state index in [-0.39, 0.29) is 24.9 Å². The molecule has 2 aromatic carbocycles. The molecule has 0 atom stereocenters. The molecule has 0 aromatic heterocycles. The first-order valence-corrected chi connectivity index (χ1v) is 10.8. The Morgan fingerprint density at radius 1 is 0.931 bits per heavy atom. The molecule has 1 N–H and O–H groups in total. The molecule has 0 saturated carbocycles. The summed E-state index contributed by atoms with van der Waals surface area (Å²) in [5.41, 5.74) is 1.93. The number of amides is 2. The van der Waals surface area contributed by atoms with Crippen molar-refractivity contribution in [2.24, 2.45) is 0 Å². The number of piperazine rings is 1. The first kappa shape index (κ1) is 20.8. The molecule has 1 aliphatic rings. The lowest BCUT2D eigenvalue weighted by Crippen LogP contribution is -2.50. The highest BCUT2D eigenvalue weighted by Crippen LogP contribution is 2.15. The van der Waals surface area contributed by atoms with Crippen LogP contribution in [0.5, 0.6) is 0 Å². The number of nitrogens with zero attached hydrogens (tertiary/aromatic N) is 2. The van der Waals surface area contributed by atoms with Crippen LogP contribution in [-0.2, 0) is 14.8 Å². The molecular weight excluding hydrogens is 390 g/mol. The van der Waals surface area contributed by atoms with Gasteiger partial charge in [0, 0.05) is 49.8 Å². The van der Waals surface area contributed by atoms with Gasteiger partial charge in [0.25, 0.3) is 5.91 Å². The predicted molar refractivity (Wildman–Crippen MR) is 113 cm³/mol. The summed E-state index contributed by atoms with van der Waals surface area (Å²) in [5, 5.41) is 3.86. The molecule has 0 aliphatic carbocycles. The van der Waals surface area contributed by atoms with Crippen LogP contribution in [0.1, 0.15) is 22.8 Å². The molecule has 7 nitrogen and oxygen atoms in total. The molecule has 1 heterocycles. The second kappa shape index (κ2) is 9.02. The molecule has 152 valence electrons. The summed E-state index contributed by atoms with van der Waals surface area (Å²) in [6, 6.07) is 15.9. The summed E-state index contributed by atoms with van der Waals surface area (Å²) in [7, 11) is -3.54. The Hall–Kier alpha value is -2.97. The van der Waals surface area contributed by atoms with Gasteiger partial charge in [-0.3, -0.25) is 9.59 Å². The molecular formula is C21H23N3O4S. The van der Waals surface area contributed by atoms with Gasteiger partial charge in [-0.25, -0.2) is 8.42 Å². The minimum absolute atomic E-state index is 0.156. The van der Waals surface area contributed by atoms with E-state index in [1.807, 2.05) is 30.3 Å². The molecule has 0 unspecified atom stereocenters. The van der Waals surface area contributed by atoms with Crippen LogP contribution in [-0.4, -0.2) is 55.6 Å². The van der Waals surface area contributed by atoms with E-state index in [0.29, 0.717) is 24.3 Å². The molecule has 0 bridgehead atoms. The summed E-state index contributed by atoms with van der Waals surface area (Å²) in [6.45, 7) is 2.56. The van der Waals surface area contributed by atoms with E-state index < -0.39 is 10.0 Å². The normalized spacial score (nSPS) is 15.4. The van der Waals surface area contributed by atoms with E-state index in [9.17, 15) is 18.0 Å². The van der Waals surface area contributed by atoms with E-state index in [0.717, 1.165) is 5.56 Å². The molecule has 2 aromatic rings. The molecule has 1 aliphatic heterocycles. The van der Waals surface area contributed by atoms with Crippen molar-refractivity contribution in [3.63, 3.8) is 0 Å². The van der Waals surface area contributed by atoms with Crippen molar-refractivity contribution in [1.29, 1.82) is 0 Å². The van der Waals surface area contributed by atoms with Crippen molar-refractivity contribution in [2.45, 2.75) is 6.92 Å². The highest BCUT2D eigenvalue weighted by Gasteiger charge is 2.27. The van der Waals surface area contributed by atoms with Crippen LogP contribution in [0.2, 0.25) is 0 Å². The van der Waals surface area contributed by atoms with E-state index in [1.165, 1.54) is 16.6 Å². The van der Waals surface area contributed by atoms with Crippen LogP contribution in [0.3, 0.4) is 0 Å². The zero-order valence-corrected chi connectivity index (χ0v) is 16.9. The van der Waals surface area contributed by atoms with Gasteiger partial charge in [-0.2, -0.15) is 4.31 Å². The molecule has 2 amide bonds. The Morgan fingerprint density at radius 2 is 1.55 bits per heavy atom. The van der Waals surface area contributed by atoms with Gasteiger partial charge < -0.3 is 10.2 Å². The molecule has 0 spiro atoms. The number of carbonyl (C=O) groups excluding carboxylic acids is 2. The van der Waals surface area contributed by atoms with Gasteiger partial charge in [-0.15, -0.1) is 0 Å². The van der Waals surface area contributed by atoms with Gasteiger partial charge in [0.15, 0.2) is 0 Å². The zero-order chi connectivity index (χ0) is 20.9. The lowest BCUT2D eigenvalue weighted by atomic mass is 10.1. The average Bonchev–Trinajstić information content (AvgIpc) is 2.73. The van der Waals surface area contributed by atoms with Crippen LogP contribution < -0.4 is 5.32 Å². The van der Waals surface area contributed by atoms with E-state index >= 15 is 0 Å². The SMILES string of the molecule is CC(=O)Nc1ccc(C(=O)N2CCN(S(=O)(=O)/C=C/c3ccccc3)CC2)cc1. The Labute approximate surface area is 170 Å². The van der Waals surface area contributed by atoms with Crippen molar-refractivity contribution < 1.29 is 18.0 Å². The number of nitrogens with one attached hydrogen (secondary N) is 1. The van der Waals surface area contributed by atoms with Crippen LogP contribution in [0.15, 0.2) is 60.0 Å². The molecule has 3 rings (SSSR count). The van der Waals surface area contributed by atoms with E-state index in [1.54, 1.807) is 35.2 Å². The Bertz CT molecular complexity index is 994. The van der Waals surface area contributed by atoms with Crippen LogP contribution in [0.25, 0.3) is 6.08 Å². The maximum absolute atomic E-state index is 12.7. The highest BCUT2D eigenvalue weighted by atomic mass is 32.2. The number of sulfonamides is 1. The number of anilines is 1. The van der Waals surface area contributed by atoms with Crippen LogP contribution in [0.4, 0.5) is 5.69 Å². The van der Waals surface area contributed by atoms with Crippen molar-refractivity contribution in [1.82, 2.24) is 9.21 Å². The first-order chi connectivity index (χ1) is 13.8. The lowest BCUT2D eigenvalue weighted by Gasteiger charge is -2.33. The van der Waals surface area contributed by atoms with Gasteiger partial charge in [0.2, 0.25) is 15.9 Å². The minimum atomic E-state index is -3.54. The maximum atomic E-state index is 12.7. The predicted octanol–water partition coefficient (Wildman–Crippen LogP) is 2.40. The lowest BCUT2D eigenvalue weighted by molar-refractivity contribution is -0.114. The van der Waals surface area contributed by atoms with Gasteiger partial charge >= 0.3 is 0 Å². The largest absolute Gasteiger partial charge is 0.336 e. The van der Waals surface area contributed by atoms with Gasteiger partial charge in [-0.1, -0.05) is 30.3 Å². The molecule has 1 saturated heterocycles. The van der Waals surface area contributed by atoms with Crippen molar-refractivity contribution >= 4 is 33.6 Å². The van der Waals surface area contributed by atoms with Crippen molar-refractivity contribution in [3.8, 4) is 0 Å². The Balaban J connectivity index is 1.58. The number of carbonyl (C=O) groups is 2. The van der Waals surface area contributed by atoms with Gasteiger partial charge in [-0.05, 0) is 35.9 Å². The van der Waals surface area contributed by atoms with Crippen LogP contribution >= 0.6 is 0 Å². The van der Waals surface area contributed by atoms with Gasteiger partial charge in [0.1, 0.15) is 0 Å². The third kappa shape index (κ3) is 5.52. The molecule has 0 radical (unpaired) electrons. The smallest absolute Gasteiger partial charge is 0.253 e. The Morgan fingerprint density at radius 3 is 2.14 bits per heavy atom. The number of benzene rings is 2. The topological polar surface area (TPSA) is 86.8 Å². The van der Waals surface area contributed by atoms with Crippen molar-refractivity contribution in [3.05, 3.63) is 71.1 Å². The fourth-order valence-corrected chi connectivity index (χ4v) is 4.22. The monoisotopic (exact) mass is 413 g/mol. The zero-order valence-electron chi connectivity index (χ0n) is 16.1. The number of hydrogen-bond donors (Lipinski definition) is 1. The summed E-state index contributed by atoms with van der Waals surface area (Å²) in [6.07, 6.45) is 1.57. The number of hydrogen-bond acceptors (Lipinski definition) is 4. The van der Waals surface area contributed by atoms with Crippen LogP contribution in [0, 0.1) is 0 Å². The summed E-state index contributed by atoms with van der Waals surface area (Å²) >= 11 is 0. The fraction of sp³-hybridized carbons (Fsp3) is 0.238. The summed E-state index contributed by atoms with van der Waals surface area (Å²) in [5.74, 6) is -0.334. The highest BCUT2D eigenvalue weighted by molar-refractivity contribution is 7.92.